The maximum atomic E-state index is 5.58. The lowest BCUT2D eigenvalue weighted by Gasteiger charge is -2.47. The van der Waals surface area contributed by atoms with E-state index >= 15 is 0 Å². The molecule has 0 saturated carbocycles. The van der Waals surface area contributed by atoms with Gasteiger partial charge in [-0.2, -0.15) is 0 Å². The van der Waals surface area contributed by atoms with E-state index in [4.69, 9.17) is 9.47 Å². The Balaban J connectivity index is 2.43. The molecule has 4 heteroatoms. The number of nitrogens with one attached hydrogen (secondary N) is 1. The Morgan fingerprint density at radius 2 is 1.95 bits per heavy atom. The van der Waals surface area contributed by atoms with Gasteiger partial charge in [-0.3, -0.25) is 0 Å². The molecule has 1 aromatic carbocycles. The number of rotatable bonds is 4. The average molecular weight is 292 g/mol. The minimum absolute atomic E-state index is 0.0828. The average Bonchev–Trinajstić information content (AvgIpc) is 2.45. The molecule has 1 unspecified atom stereocenters. The largest absolute Gasteiger partial charge is 0.497 e. The lowest BCUT2D eigenvalue weighted by molar-refractivity contribution is 0.274. The molecule has 0 radical (unpaired) electrons. The Kier molecular flexibility index (Phi) is 4.67. The Morgan fingerprint density at radius 1 is 1.24 bits per heavy atom. The maximum Gasteiger partial charge on any atom is 0.142 e. The van der Waals surface area contributed by atoms with Gasteiger partial charge in [0.1, 0.15) is 11.5 Å². The molecule has 1 heterocycles. The van der Waals surface area contributed by atoms with Crippen molar-refractivity contribution in [2.45, 2.75) is 39.3 Å². The summed E-state index contributed by atoms with van der Waals surface area (Å²) in [6.07, 6.45) is 0. The van der Waals surface area contributed by atoms with Crippen LogP contribution >= 0.6 is 0 Å². The molecule has 0 spiro atoms. The second kappa shape index (κ2) is 6.14. The molecule has 21 heavy (non-hydrogen) atoms. The first-order valence-electron chi connectivity index (χ1n) is 7.61. The fourth-order valence-electron chi connectivity index (χ4n) is 2.97. The summed E-state index contributed by atoms with van der Waals surface area (Å²) in [6.45, 7) is 10.9. The van der Waals surface area contributed by atoms with Gasteiger partial charge in [-0.1, -0.05) is 13.8 Å². The van der Waals surface area contributed by atoms with Gasteiger partial charge in [-0.15, -0.1) is 0 Å². The van der Waals surface area contributed by atoms with Gasteiger partial charge >= 0.3 is 0 Å². The molecule has 0 bridgehead atoms. The summed E-state index contributed by atoms with van der Waals surface area (Å²) < 4.78 is 11.0. The Labute approximate surface area is 128 Å². The van der Waals surface area contributed by atoms with Gasteiger partial charge in [0, 0.05) is 30.7 Å². The summed E-state index contributed by atoms with van der Waals surface area (Å²) >= 11 is 0. The van der Waals surface area contributed by atoms with Crippen LogP contribution in [0, 0.1) is 5.92 Å². The molecule has 1 aliphatic heterocycles. The Bertz CT molecular complexity index is 486. The summed E-state index contributed by atoms with van der Waals surface area (Å²) in [5.41, 5.74) is 1.20. The molecule has 0 aromatic heterocycles. The molecular formula is C17H28N2O2. The van der Waals surface area contributed by atoms with Crippen LogP contribution in [0.15, 0.2) is 18.2 Å². The molecule has 2 rings (SSSR count). The molecule has 1 aliphatic rings. The van der Waals surface area contributed by atoms with Gasteiger partial charge in [0.15, 0.2) is 0 Å². The first kappa shape index (κ1) is 16.0. The summed E-state index contributed by atoms with van der Waals surface area (Å²) in [5, 5.41) is 3.64. The van der Waals surface area contributed by atoms with Crippen molar-refractivity contribution in [1.82, 2.24) is 5.32 Å². The van der Waals surface area contributed by atoms with Crippen LogP contribution in [0.2, 0.25) is 0 Å². The van der Waals surface area contributed by atoms with Crippen LogP contribution in [-0.4, -0.2) is 38.9 Å². The van der Waals surface area contributed by atoms with Gasteiger partial charge < -0.3 is 19.7 Å². The Hall–Kier alpha value is -1.42. The number of hydrogen-bond acceptors (Lipinski definition) is 4. The van der Waals surface area contributed by atoms with E-state index < -0.39 is 0 Å². The lowest BCUT2D eigenvalue weighted by Crippen LogP contribution is -2.63. The molecule has 118 valence electrons. The van der Waals surface area contributed by atoms with E-state index in [1.807, 2.05) is 12.1 Å². The zero-order valence-electron chi connectivity index (χ0n) is 14.1. The molecular weight excluding hydrogens is 264 g/mol. The molecule has 0 aliphatic carbocycles. The predicted molar refractivity (Wildman–Crippen MR) is 87.6 cm³/mol. The van der Waals surface area contributed by atoms with Crippen molar-refractivity contribution in [2.75, 3.05) is 32.2 Å². The van der Waals surface area contributed by atoms with Gasteiger partial charge in [0.05, 0.1) is 19.9 Å². The highest BCUT2D eigenvalue weighted by Crippen LogP contribution is 2.36. The van der Waals surface area contributed by atoms with Crippen molar-refractivity contribution < 1.29 is 9.47 Å². The van der Waals surface area contributed by atoms with Crippen LogP contribution in [0.25, 0.3) is 0 Å². The third-order valence-corrected chi connectivity index (χ3v) is 4.22. The van der Waals surface area contributed by atoms with E-state index in [0.29, 0.717) is 12.0 Å². The molecule has 1 aromatic rings. The normalized spacial score (nSPS) is 21.5. The molecule has 4 nitrogen and oxygen atoms in total. The zero-order valence-corrected chi connectivity index (χ0v) is 14.1. The van der Waals surface area contributed by atoms with Gasteiger partial charge in [0.25, 0.3) is 0 Å². The van der Waals surface area contributed by atoms with E-state index in [2.05, 4.69) is 44.0 Å². The number of anilines is 1. The topological polar surface area (TPSA) is 33.7 Å². The van der Waals surface area contributed by atoms with Crippen molar-refractivity contribution in [3.63, 3.8) is 0 Å². The highest BCUT2D eigenvalue weighted by molar-refractivity contribution is 5.63. The third-order valence-electron chi connectivity index (χ3n) is 4.22. The highest BCUT2D eigenvalue weighted by atomic mass is 16.5. The van der Waals surface area contributed by atoms with Crippen molar-refractivity contribution in [3.05, 3.63) is 18.2 Å². The summed E-state index contributed by atoms with van der Waals surface area (Å²) in [4.78, 5) is 2.46. The molecule has 0 amide bonds. The standard InChI is InChI=1S/C17H28N2O2/c1-12(2)15-10-18-17(3,4)11-19(15)14-9-13(20-5)7-8-16(14)21-6/h7-9,12,15,18H,10-11H2,1-6H3. The van der Waals surface area contributed by atoms with Crippen molar-refractivity contribution >= 4 is 5.69 Å². The minimum atomic E-state index is 0.0828. The van der Waals surface area contributed by atoms with Gasteiger partial charge in [0.2, 0.25) is 0 Å². The SMILES string of the molecule is COc1ccc(OC)c(N2CC(C)(C)NCC2C(C)C)c1. The van der Waals surface area contributed by atoms with Crippen LogP contribution in [-0.2, 0) is 0 Å². The van der Waals surface area contributed by atoms with Gasteiger partial charge in [-0.25, -0.2) is 0 Å². The molecule has 1 fully saturated rings. The fraction of sp³-hybridized carbons (Fsp3) is 0.647. The minimum Gasteiger partial charge on any atom is -0.497 e. The second-order valence-electron chi connectivity index (χ2n) is 6.74. The van der Waals surface area contributed by atoms with E-state index in [0.717, 1.165) is 30.3 Å². The van der Waals surface area contributed by atoms with E-state index in [1.165, 1.54) is 0 Å². The molecule has 1 saturated heterocycles. The first-order valence-corrected chi connectivity index (χ1v) is 7.61. The molecule has 1 N–H and O–H groups in total. The highest BCUT2D eigenvalue weighted by Gasteiger charge is 2.35. The maximum absolute atomic E-state index is 5.58. The summed E-state index contributed by atoms with van der Waals surface area (Å²) in [5.74, 6) is 2.33. The van der Waals surface area contributed by atoms with Crippen LogP contribution in [0.1, 0.15) is 27.7 Å². The number of ether oxygens (including phenoxy) is 2. The first-order chi connectivity index (χ1) is 9.88. The zero-order chi connectivity index (χ0) is 15.6. The second-order valence-corrected chi connectivity index (χ2v) is 6.74. The lowest BCUT2D eigenvalue weighted by atomic mass is 9.92. The smallest absolute Gasteiger partial charge is 0.142 e. The van der Waals surface area contributed by atoms with Crippen LogP contribution < -0.4 is 19.7 Å². The van der Waals surface area contributed by atoms with Crippen molar-refractivity contribution in [2.24, 2.45) is 5.92 Å². The van der Waals surface area contributed by atoms with Crippen LogP contribution in [0.4, 0.5) is 5.69 Å². The van der Waals surface area contributed by atoms with Crippen molar-refractivity contribution in [3.8, 4) is 11.5 Å². The van der Waals surface area contributed by atoms with Crippen molar-refractivity contribution in [1.29, 1.82) is 0 Å². The number of methoxy groups -OCH3 is 2. The Morgan fingerprint density at radius 3 is 2.52 bits per heavy atom. The number of hydrogen-bond donors (Lipinski definition) is 1. The monoisotopic (exact) mass is 292 g/mol. The number of piperazine rings is 1. The predicted octanol–water partition coefficient (Wildman–Crippen LogP) is 2.92. The van der Waals surface area contributed by atoms with Crippen LogP contribution in [0.5, 0.6) is 11.5 Å². The molecule has 1 atom stereocenters. The fourth-order valence-corrected chi connectivity index (χ4v) is 2.97. The number of nitrogens with zero attached hydrogens (tertiary/aromatic N) is 1. The van der Waals surface area contributed by atoms with Gasteiger partial charge in [-0.05, 0) is 31.9 Å². The third kappa shape index (κ3) is 3.43. The van der Waals surface area contributed by atoms with Crippen LogP contribution in [0.3, 0.4) is 0 Å². The number of benzene rings is 1. The van der Waals surface area contributed by atoms with E-state index in [-0.39, 0.29) is 5.54 Å². The summed E-state index contributed by atoms with van der Waals surface area (Å²) in [7, 11) is 3.43. The van der Waals surface area contributed by atoms with E-state index in [1.54, 1.807) is 14.2 Å². The quantitative estimate of drug-likeness (QED) is 0.925. The summed E-state index contributed by atoms with van der Waals surface area (Å²) in [6, 6.07) is 6.45. The van der Waals surface area contributed by atoms with E-state index in [9.17, 15) is 0 Å².